The van der Waals surface area contributed by atoms with E-state index in [4.69, 9.17) is 12.2 Å². The Labute approximate surface area is 125 Å². The molecule has 2 atom stereocenters. The van der Waals surface area contributed by atoms with Gasteiger partial charge in [0.1, 0.15) is 5.82 Å². The first-order valence-electron chi connectivity index (χ1n) is 7.57. The highest BCUT2D eigenvalue weighted by atomic mass is 32.1. The lowest BCUT2D eigenvalue weighted by atomic mass is 9.78. The Bertz CT molecular complexity index is 472. The Morgan fingerprint density at radius 3 is 2.60 bits per heavy atom. The van der Waals surface area contributed by atoms with E-state index in [1.54, 1.807) is 12.1 Å². The Hall–Kier alpha value is -1.16. The average Bonchev–Trinajstić information content (AvgIpc) is 2.49. The number of nitrogens with one attached hydrogen (secondary N) is 1. The number of fused-ring (bicyclic) bond motifs is 1. The van der Waals surface area contributed by atoms with Crippen LogP contribution in [0.3, 0.4) is 0 Å². The molecule has 4 heteroatoms. The molecule has 0 bridgehead atoms. The van der Waals surface area contributed by atoms with Crippen molar-refractivity contribution in [3.8, 4) is 0 Å². The first-order chi connectivity index (χ1) is 9.74. The van der Waals surface area contributed by atoms with E-state index >= 15 is 0 Å². The number of hydrogen-bond acceptors (Lipinski definition) is 1. The summed E-state index contributed by atoms with van der Waals surface area (Å²) < 4.78 is 12.9. The third-order valence-electron chi connectivity index (χ3n) is 4.60. The van der Waals surface area contributed by atoms with Crippen molar-refractivity contribution in [1.82, 2.24) is 4.90 Å². The van der Waals surface area contributed by atoms with Crippen LogP contribution in [0.25, 0.3) is 0 Å². The minimum atomic E-state index is -0.216. The number of rotatable bonds is 1. The van der Waals surface area contributed by atoms with Crippen LogP contribution in [-0.4, -0.2) is 22.6 Å². The second-order valence-electron chi connectivity index (χ2n) is 5.88. The summed E-state index contributed by atoms with van der Waals surface area (Å²) in [6.45, 7) is 1.05. The van der Waals surface area contributed by atoms with Gasteiger partial charge in [-0.25, -0.2) is 4.39 Å². The Morgan fingerprint density at radius 1 is 1.10 bits per heavy atom. The maximum atomic E-state index is 12.9. The van der Waals surface area contributed by atoms with Crippen molar-refractivity contribution < 1.29 is 4.39 Å². The van der Waals surface area contributed by atoms with E-state index in [9.17, 15) is 4.39 Å². The minimum absolute atomic E-state index is 0.216. The molecule has 2 fully saturated rings. The van der Waals surface area contributed by atoms with Gasteiger partial charge in [0.15, 0.2) is 5.11 Å². The number of halogens is 1. The predicted octanol–water partition coefficient (Wildman–Crippen LogP) is 4.18. The van der Waals surface area contributed by atoms with Crippen molar-refractivity contribution >= 4 is 23.0 Å². The summed E-state index contributed by atoms with van der Waals surface area (Å²) in [4.78, 5) is 2.37. The molecule has 1 aromatic carbocycles. The molecule has 0 aromatic heterocycles. The molecular weight excluding hydrogens is 271 g/mol. The predicted molar refractivity (Wildman–Crippen MR) is 84.3 cm³/mol. The van der Waals surface area contributed by atoms with E-state index < -0.39 is 0 Å². The Balaban J connectivity index is 1.67. The number of piperidine rings is 1. The maximum absolute atomic E-state index is 12.9. The van der Waals surface area contributed by atoms with Crippen molar-refractivity contribution in [2.24, 2.45) is 5.92 Å². The zero-order valence-electron chi connectivity index (χ0n) is 11.6. The minimum Gasteiger partial charge on any atom is -0.346 e. The van der Waals surface area contributed by atoms with E-state index in [0.717, 1.165) is 23.3 Å². The zero-order valence-corrected chi connectivity index (χ0v) is 12.5. The van der Waals surface area contributed by atoms with E-state index in [0.29, 0.717) is 6.04 Å². The smallest absolute Gasteiger partial charge is 0.173 e. The van der Waals surface area contributed by atoms with Gasteiger partial charge < -0.3 is 10.2 Å². The molecule has 0 amide bonds. The molecule has 1 saturated heterocycles. The number of benzene rings is 1. The number of nitrogens with zero attached hydrogens (tertiary/aromatic N) is 1. The van der Waals surface area contributed by atoms with Crippen LogP contribution in [0, 0.1) is 11.7 Å². The molecule has 20 heavy (non-hydrogen) atoms. The second-order valence-corrected chi connectivity index (χ2v) is 6.27. The first kappa shape index (κ1) is 13.8. The standard InChI is InChI=1S/C16H21FN2S/c17-13-7-9-14(10-8-13)18-16(20)19-11-3-5-12-4-1-2-6-15(12)19/h7-10,12,15H,1-6,11H2,(H,18,20)/t12-,15-/m1/s1. The van der Waals surface area contributed by atoms with Gasteiger partial charge in [-0.2, -0.15) is 0 Å². The molecule has 108 valence electrons. The van der Waals surface area contributed by atoms with E-state index in [1.165, 1.54) is 50.7 Å². The lowest BCUT2D eigenvalue weighted by Crippen LogP contribution is -2.51. The van der Waals surface area contributed by atoms with E-state index in [1.807, 2.05) is 0 Å². The van der Waals surface area contributed by atoms with Crippen LogP contribution in [-0.2, 0) is 0 Å². The van der Waals surface area contributed by atoms with E-state index in [2.05, 4.69) is 10.2 Å². The summed E-state index contributed by atoms with van der Waals surface area (Å²) in [5.74, 6) is 0.595. The van der Waals surface area contributed by atoms with E-state index in [-0.39, 0.29) is 5.82 Å². The third kappa shape index (κ3) is 2.95. The Kier molecular flexibility index (Phi) is 4.20. The molecule has 2 aliphatic rings. The number of anilines is 1. The highest BCUT2D eigenvalue weighted by Gasteiger charge is 2.34. The fourth-order valence-electron chi connectivity index (χ4n) is 3.61. The fourth-order valence-corrected chi connectivity index (χ4v) is 3.95. The molecular formula is C16H21FN2S. The topological polar surface area (TPSA) is 15.3 Å². The zero-order chi connectivity index (χ0) is 13.9. The molecule has 1 aliphatic heterocycles. The summed E-state index contributed by atoms with van der Waals surface area (Å²) in [5.41, 5.74) is 0.870. The summed E-state index contributed by atoms with van der Waals surface area (Å²) in [6.07, 6.45) is 7.87. The average molecular weight is 292 g/mol. The van der Waals surface area contributed by atoms with Crippen LogP contribution in [0.2, 0.25) is 0 Å². The lowest BCUT2D eigenvalue weighted by molar-refractivity contribution is 0.121. The van der Waals surface area contributed by atoms with Gasteiger partial charge in [0.2, 0.25) is 0 Å². The molecule has 3 rings (SSSR count). The third-order valence-corrected chi connectivity index (χ3v) is 4.94. The molecule has 1 aromatic rings. The molecule has 0 radical (unpaired) electrons. The van der Waals surface area contributed by atoms with Gasteiger partial charge in [0, 0.05) is 18.3 Å². The number of thiocarbonyl (C=S) groups is 1. The molecule has 1 heterocycles. The molecule has 0 spiro atoms. The van der Waals surface area contributed by atoms with Crippen LogP contribution >= 0.6 is 12.2 Å². The summed E-state index contributed by atoms with van der Waals surface area (Å²) >= 11 is 5.58. The van der Waals surface area contributed by atoms with Crippen LogP contribution in [0.15, 0.2) is 24.3 Å². The lowest BCUT2D eigenvalue weighted by Gasteiger charge is -2.45. The summed E-state index contributed by atoms with van der Waals surface area (Å²) in [5, 5.41) is 4.06. The molecule has 0 unspecified atom stereocenters. The van der Waals surface area contributed by atoms with Gasteiger partial charge in [-0.3, -0.25) is 0 Å². The summed E-state index contributed by atoms with van der Waals surface area (Å²) in [7, 11) is 0. The van der Waals surface area contributed by atoms with Gasteiger partial charge >= 0.3 is 0 Å². The largest absolute Gasteiger partial charge is 0.346 e. The van der Waals surface area contributed by atoms with Gasteiger partial charge in [-0.1, -0.05) is 12.8 Å². The van der Waals surface area contributed by atoms with Crippen molar-refractivity contribution in [3.63, 3.8) is 0 Å². The van der Waals surface area contributed by atoms with Crippen LogP contribution in [0.4, 0.5) is 10.1 Å². The van der Waals surface area contributed by atoms with Crippen LogP contribution < -0.4 is 5.32 Å². The molecule has 1 aliphatic carbocycles. The van der Waals surface area contributed by atoms with Crippen molar-refractivity contribution in [1.29, 1.82) is 0 Å². The molecule has 2 nitrogen and oxygen atoms in total. The van der Waals surface area contributed by atoms with Gasteiger partial charge in [-0.15, -0.1) is 0 Å². The first-order valence-corrected chi connectivity index (χ1v) is 7.98. The van der Waals surface area contributed by atoms with Crippen molar-refractivity contribution in [3.05, 3.63) is 30.1 Å². The monoisotopic (exact) mass is 292 g/mol. The number of hydrogen-bond donors (Lipinski definition) is 1. The van der Waals surface area contributed by atoms with Crippen LogP contribution in [0.5, 0.6) is 0 Å². The SMILES string of the molecule is Fc1ccc(NC(=S)N2CCC[C@H]3CCCC[C@H]32)cc1. The second kappa shape index (κ2) is 6.08. The highest BCUT2D eigenvalue weighted by molar-refractivity contribution is 7.80. The maximum Gasteiger partial charge on any atom is 0.173 e. The van der Waals surface area contributed by atoms with Gasteiger partial charge in [0.05, 0.1) is 0 Å². The summed E-state index contributed by atoms with van der Waals surface area (Å²) in [6, 6.07) is 7.01. The number of likely N-dealkylation sites (tertiary alicyclic amines) is 1. The quantitative estimate of drug-likeness (QED) is 0.782. The van der Waals surface area contributed by atoms with Crippen molar-refractivity contribution in [2.45, 2.75) is 44.6 Å². The van der Waals surface area contributed by atoms with Gasteiger partial charge in [-0.05, 0) is 68.1 Å². The Morgan fingerprint density at radius 2 is 1.80 bits per heavy atom. The molecule has 1 N–H and O–H groups in total. The molecule has 1 saturated carbocycles. The van der Waals surface area contributed by atoms with Gasteiger partial charge in [0.25, 0.3) is 0 Å². The van der Waals surface area contributed by atoms with Crippen molar-refractivity contribution in [2.75, 3.05) is 11.9 Å². The van der Waals surface area contributed by atoms with Crippen LogP contribution in [0.1, 0.15) is 38.5 Å². The fraction of sp³-hybridized carbons (Fsp3) is 0.562. The normalized spacial score (nSPS) is 25.9. The highest BCUT2D eigenvalue weighted by Crippen LogP contribution is 2.35.